The van der Waals surface area contributed by atoms with E-state index in [9.17, 15) is 0 Å². The zero-order chi connectivity index (χ0) is 15.6. The second-order valence-corrected chi connectivity index (χ2v) is 6.73. The Labute approximate surface area is 133 Å². The first-order valence-corrected chi connectivity index (χ1v) is 7.94. The van der Waals surface area contributed by atoms with Crippen molar-refractivity contribution in [1.29, 1.82) is 0 Å². The van der Waals surface area contributed by atoms with Gasteiger partial charge in [0.25, 0.3) is 0 Å². The Kier molecular flexibility index (Phi) is 4.21. The van der Waals surface area contributed by atoms with Gasteiger partial charge in [0.05, 0.1) is 19.8 Å². The van der Waals surface area contributed by atoms with Gasteiger partial charge in [0, 0.05) is 11.3 Å². The van der Waals surface area contributed by atoms with Crippen molar-refractivity contribution in [3.8, 4) is 5.75 Å². The van der Waals surface area contributed by atoms with Crippen molar-refractivity contribution in [2.24, 2.45) is 5.92 Å². The summed E-state index contributed by atoms with van der Waals surface area (Å²) in [5.41, 5.74) is 3.92. The van der Waals surface area contributed by atoms with E-state index in [2.05, 4.69) is 69.3 Å². The Bertz CT molecular complexity index is 607. The molecule has 0 radical (unpaired) electrons. The topological polar surface area (TPSA) is 18.5 Å². The van der Waals surface area contributed by atoms with Gasteiger partial charge in [-0.25, -0.2) is 0 Å². The smallest absolute Gasteiger partial charge is 0.119 e. The van der Waals surface area contributed by atoms with Crippen LogP contribution in [0.2, 0.25) is 0 Å². The molecule has 0 amide bonds. The first-order chi connectivity index (χ1) is 10.6. The molecule has 0 spiro atoms. The molecule has 0 N–H and O–H groups in total. The Hall–Kier alpha value is -1.80. The van der Waals surface area contributed by atoms with E-state index >= 15 is 0 Å². The van der Waals surface area contributed by atoms with Gasteiger partial charge in [0.2, 0.25) is 0 Å². The number of benzene rings is 2. The van der Waals surface area contributed by atoms with Gasteiger partial charge in [-0.3, -0.25) is 0 Å². The monoisotopic (exact) mass is 296 g/mol. The number of hydrogen-bond acceptors (Lipinski definition) is 2. The van der Waals surface area contributed by atoms with Crippen LogP contribution in [0, 0.1) is 12.8 Å². The van der Waals surface area contributed by atoms with Gasteiger partial charge >= 0.3 is 0 Å². The molecule has 2 heteroatoms. The van der Waals surface area contributed by atoms with Gasteiger partial charge in [-0.15, -0.1) is 0 Å². The zero-order valence-corrected chi connectivity index (χ0v) is 13.6. The fourth-order valence-electron chi connectivity index (χ4n) is 2.70. The minimum absolute atomic E-state index is 0.00591. The molecule has 2 aromatic rings. The van der Waals surface area contributed by atoms with Crippen LogP contribution in [0.1, 0.15) is 30.5 Å². The summed E-state index contributed by atoms with van der Waals surface area (Å²) >= 11 is 0. The number of hydrogen-bond donors (Lipinski definition) is 0. The Balaban J connectivity index is 1.71. The Morgan fingerprint density at radius 3 is 2.00 bits per heavy atom. The lowest BCUT2D eigenvalue weighted by atomic mass is 9.78. The van der Waals surface area contributed by atoms with Crippen LogP contribution in [-0.4, -0.2) is 19.8 Å². The highest BCUT2D eigenvalue weighted by Gasteiger charge is 2.23. The van der Waals surface area contributed by atoms with E-state index < -0.39 is 0 Å². The molecule has 0 aromatic heterocycles. The van der Waals surface area contributed by atoms with Crippen molar-refractivity contribution in [1.82, 2.24) is 0 Å². The average molecular weight is 296 g/mol. The molecule has 2 nitrogen and oxygen atoms in total. The molecule has 3 rings (SSSR count). The van der Waals surface area contributed by atoms with Gasteiger partial charge in [-0.1, -0.05) is 55.8 Å². The highest BCUT2D eigenvalue weighted by atomic mass is 16.5. The summed E-state index contributed by atoms with van der Waals surface area (Å²) in [5, 5.41) is 0. The van der Waals surface area contributed by atoms with Gasteiger partial charge in [-0.2, -0.15) is 0 Å². The molecule has 1 saturated heterocycles. The quantitative estimate of drug-likeness (QED) is 0.817. The van der Waals surface area contributed by atoms with E-state index in [1.165, 1.54) is 16.7 Å². The first kappa shape index (κ1) is 15.1. The molecule has 2 aromatic carbocycles. The van der Waals surface area contributed by atoms with Crippen molar-refractivity contribution in [3.63, 3.8) is 0 Å². The van der Waals surface area contributed by atoms with E-state index in [4.69, 9.17) is 9.47 Å². The van der Waals surface area contributed by atoms with Gasteiger partial charge < -0.3 is 9.47 Å². The van der Waals surface area contributed by atoms with E-state index in [0.29, 0.717) is 5.92 Å². The van der Waals surface area contributed by atoms with Crippen molar-refractivity contribution < 1.29 is 9.47 Å². The molecule has 116 valence electrons. The third kappa shape index (κ3) is 3.17. The second kappa shape index (κ2) is 6.13. The maximum atomic E-state index is 5.82. The molecule has 1 aliphatic heterocycles. The molecule has 1 fully saturated rings. The zero-order valence-electron chi connectivity index (χ0n) is 13.6. The Morgan fingerprint density at radius 1 is 0.955 bits per heavy atom. The van der Waals surface area contributed by atoms with Crippen molar-refractivity contribution in [2.45, 2.75) is 26.2 Å². The summed E-state index contributed by atoms with van der Waals surface area (Å²) in [7, 11) is 0. The summed E-state index contributed by atoms with van der Waals surface area (Å²) in [6.07, 6.45) is 0. The highest BCUT2D eigenvalue weighted by molar-refractivity contribution is 5.40. The SMILES string of the molecule is Cc1ccc(C(C)(C)c2ccc(OCC3COC3)cc2)cc1. The molecular formula is C20H24O2. The van der Waals surface area contributed by atoms with Crippen LogP contribution < -0.4 is 4.74 Å². The molecular weight excluding hydrogens is 272 g/mol. The lowest BCUT2D eigenvalue weighted by Crippen LogP contribution is -2.32. The minimum Gasteiger partial charge on any atom is -0.493 e. The summed E-state index contributed by atoms with van der Waals surface area (Å²) < 4.78 is 11.0. The molecule has 22 heavy (non-hydrogen) atoms. The summed E-state index contributed by atoms with van der Waals surface area (Å²) in [6, 6.07) is 17.3. The fraction of sp³-hybridized carbons (Fsp3) is 0.400. The largest absolute Gasteiger partial charge is 0.493 e. The van der Waals surface area contributed by atoms with Crippen LogP contribution in [0.15, 0.2) is 48.5 Å². The maximum absolute atomic E-state index is 5.82. The van der Waals surface area contributed by atoms with Gasteiger partial charge in [-0.05, 0) is 30.2 Å². The third-order valence-electron chi connectivity index (χ3n) is 4.54. The minimum atomic E-state index is -0.00591. The van der Waals surface area contributed by atoms with Crippen LogP contribution in [0.4, 0.5) is 0 Å². The molecule has 0 atom stereocenters. The third-order valence-corrected chi connectivity index (χ3v) is 4.54. The van der Waals surface area contributed by atoms with E-state index in [1.807, 2.05) is 0 Å². The highest BCUT2D eigenvalue weighted by Crippen LogP contribution is 2.32. The molecule has 0 unspecified atom stereocenters. The van der Waals surface area contributed by atoms with Crippen molar-refractivity contribution >= 4 is 0 Å². The van der Waals surface area contributed by atoms with Gasteiger partial charge in [0.15, 0.2) is 0 Å². The molecule has 1 heterocycles. The standard InChI is InChI=1S/C20H24O2/c1-15-4-6-17(7-5-15)20(2,3)18-8-10-19(11-9-18)22-14-16-12-21-13-16/h4-11,16H,12-14H2,1-3H3. The maximum Gasteiger partial charge on any atom is 0.119 e. The number of ether oxygens (including phenoxy) is 2. The van der Waals surface area contributed by atoms with Crippen LogP contribution in [-0.2, 0) is 10.2 Å². The average Bonchev–Trinajstić information content (AvgIpc) is 2.47. The van der Waals surface area contributed by atoms with Crippen LogP contribution >= 0.6 is 0 Å². The fourth-order valence-corrected chi connectivity index (χ4v) is 2.70. The summed E-state index contributed by atoms with van der Waals surface area (Å²) in [4.78, 5) is 0. The van der Waals surface area contributed by atoms with E-state index in [1.54, 1.807) is 0 Å². The summed E-state index contributed by atoms with van der Waals surface area (Å²) in [5.74, 6) is 1.50. The molecule has 0 aliphatic carbocycles. The van der Waals surface area contributed by atoms with Gasteiger partial charge in [0.1, 0.15) is 5.75 Å². The molecule has 0 saturated carbocycles. The van der Waals surface area contributed by atoms with Crippen molar-refractivity contribution in [2.75, 3.05) is 19.8 Å². The Morgan fingerprint density at radius 2 is 1.50 bits per heavy atom. The van der Waals surface area contributed by atoms with E-state index in [-0.39, 0.29) is 5.41 Å². The van der Waals surface area contributed by atoms with Crippen LogP contribution in [0.3, 0.4) is 0 Å². The predicted octanol–water partition coefficient (Wildman–Crippen LogP) is 4.35. The first-order valence-electron chi connectivity index (χ1n) is 7.94. The van der Waals surface area contributed by atoms with Crippen LogP contribution in [0.25, 0.3) is 0 Å². The number of rotatable bonds is 5. The van der Waals surface area contributed by atoms with Crippen LogP contribution in [0.5, 0.6) is 5.75 Å². The summed E-state index contributed by atoms with van der Waals surface area (Å²) in [6.45, 7) is 9.06. The number of aryl methyl sites for hydroxylation is 1. The lowest BCUT2D eigenvalue weighted by Gasteiger charge is -2.27. The van der Waals surface area contributed by atoms with Crippen molar-refractivity contribution in [3.05, 3.63) is 65.2 Å². The predicted molar refractivity (Wildman–Crippen MR) is 89.6 cm³/mol. The second-order valence-electron chi connectivity index (χ2n) is 6.73. The molecule has 0 bridgehead atoms. The normalized spacial score (nSPS) is 15.4. The lowest BCUT2D eigenvalue weighted by molar-refractivity contribution is -0.0508. The molecule has 1 aliphatic rings. The van der Waals surface area contributed by atoms with E-state index in [0.717, 1.165) is 25.6 Å².